The molecule has 2 N–H and O–H groups in total. The highest BCUT2D eigenvalue weighted by Gasteiger charge is 2.99. The number of carboxylic acid groups (broad SMARTS) is 1. The number of unbranched alkanes of at least 4 members (excludes halogenated alkanes) is 2. The molecule has 0 aromatic carbocycles. The van der Waals surface area contributed by atoms with Crippen molar-refractivity contribution >= 4 is 11.9 Å². The van der Waals surface area contributed by atoms with Crippen molar-refractivity contribution in [2.24, 2.45) is 0 Å². The Kier molecular flexibility index (Phi) is 11.8. The first-order valence-corrected chi connectivity index (χ1v) is 11.3. The molecule has 0 saturated carbocycles. The third-order valence-electron chi connectivity index (χ3n) is 5.94. The number of hydrogen-bond acceptors (Lipinski definition) is 2. The van der Waals surface area contributed by atoms with Gasteiger partial charge in [-0.15, -0.1) is 0 Å². The van der Waals surface area contributed by atoms with Gasteiger partial charge in [-0.05, 0) is 12.8 Å². The summed E-state index contributed by atoms with van der Waals surface area (Å²) in [5.41, 5.74) is 0. The molecule has 0 aromatic heterocycles. The molecule has 48 heavy (non-hydrogen) atoms. The first kappa shape index (κ1) is 45.2. The summed E-state index contributed by atoms with van der Waals surface area (Å²) < 4.78 is 335. The summed E-state index contributed by atoms with van der Waals surface area (Å²) >= 11 is 0. The van der Waals surface area contributed by atoms with Crippen LogP contribution in [0.4, 0.5) is 110 Å². The summed E-state index contributed by atoms with van der Waals surface area (Å²) in [6.07, 6.45) is -10.4. The lowest BCUT2D eigenvalue weighted by atomic mass is 9.84. The average molecular weight is 777 g/mol. The third kappa shape index (κ3) is 6.22. The molecular formula is C19H12F25NO3. The van der Waals surface area contributed by atoms with E-state index in [-0.39, 0.29) is 6.42 Å². The molecule has 286 valence electrons. The van der Waals surface area contributed by atoms with Gasteiger partial charge in [-0.25, -0.2) is 0 Å². The van der Waals surface area contributed by atoms with Gasteiger partial charge in [0.05, 0.1) is 0 Å². The van der Waals surface area contributed by atoms with Gasteiger partial charge in [0.25, 0.3) is 5.91 Å². The van der Waals surface area contributed by atoms with Crippen molar-refractivity contribution in [2.45, 2.75) is 97.0 Å². The lowest BCUT2D eigenvalue weighted by Gasteiger charge is -2.45. The maximum Gasteiger partial charge on any atom is 0.460 e. The Morgan fingerprint density at radius 1 is 0.396 bits per heavy atom. The van der Waals surface area contributed by atoms with E-state index in [1.165, 1.54) is 0 Å². The van der Waals surface area contributed by atoms with Crippen LogP contribution in [0, 0.1) is 0 Å². The number of carbonyl (C=O) groups excluding carboxylic acids is 1. The fraction of sp³-hybridized carbons (Fsp3) is 0.895. The lowest BCUT2D eigenvalue weighted by Crippen LogP contribution is -2.78. The van der Waals surface area contributed by atoms with Crippen LogP contribution in [0.15, 0.2) is 0 Å². The first-order chi connectivity index (χ1) is 20.6. The van der Waals surface area contributed by atoms with E-state index in [0.29, 0.717) is 5.32 Å². The Morgan fingerprint density at radius 3 is 0.938 bits per heavy atom. The molecule has 0 aromatic rings. The quantitative estimate of drug-likeness (QED) is 0.116. The fourth-order valence-corrected chi connectivity index (χ4v) is 2.99. The Hall–Kier alpha value is -2.81. The number of aliphatic carboxylic acids is 1. The van der Waals surface area contributed by atoms with Crippen LogP contribution in [-0.4, -0.2) is 94.9 Å². The zero-order valence-electron chi connectivity index (χ0n) is 21.7. The highest BCUT2D eigenvalue weighted by Crippen LogP contribution is 2.67. The van der Waals surface area contributed by atoms with E-state index in [0.717, 1.165) is 0 Å². The van der Waals surface area contributed by atoms with E-state index >= 15 is 0 Å². The van der Waals surface area contributed by atoms with Gasteiger partial charge in [0.1, 0.15) is 0 Å². The number of nitrogens with one attached hydrogen (secondary N) is 1. The van der Waals surface area contributed by atoms with E-state index in [2.05, 4.69) is 0 Å². The largest absolute Gasteiger partial charge is 0.481 e. The summed E-state index contributed by atoms with van der Waals surface area (Å²) in [6, 6.07) is 0. The van der Waals surface area contributed by atoms with Crippen molar-refractivity contribution in [3.63, 3.8) is 0 Å². The molecule has 29 heteroatoms. The van der Waals surface area contributed by atoms with Gasteiger partial charge >= 0.3 is 77.3 Å². The zero-order valence-corrected chi connectivity index (χ0v) is 21.7. The molecule has 0 spiro atoms. The number of carbonyl (C=O) groups is 2. The molecule has 0 atom stereocenters. The molecule has 0 aliphatic heterocycles. The SMILES string of the molecule is O=C(O)CCCCCNC(=O)C(F)(F)C(F)(F)C(F)(F)C(F)(F)C(F)(F)C(F)(F)C(F)(F)C(F)(F)C(F)(F)C(F)(F)C(F)(F)C(F)(F)F. The van der Waals surface area contributed by atoms with Crippen LogP contribution in [0.1, 0.15) is 25.7 Å². The minimum absolute atomic E-state index is 0.358. The maximum absolute atomic E-state index is 13.9. The van der Waals surface area contributed by atoms with Crippen LogP contribution in [-0.2, 0) is 9.59 Å². The van der Waals surface area contributed by atoms with E-state index in [9.17, 15) is 119 Å². The van der Waals surface area contributed by atoms with Crippen molar-refractivity contribution in [1.82, 2.24) is 5.32 Å². The first-order valence-electron chi connectivity index (χ1n) is 11.3. The average Bonchev–Trinajstić information content (AvgIpc) is 2.88. The van der Waals surface area contributed by atoms with Crippen LogP contribution in [0.2, 0.25) is 0 Å². The number of alkyl halides is 25. The minimum atomic E-state index is -9.69. The van der Waals surface area contributed by atoms with E-state index < -0.39 is 109 Å². The van der Waals surface area contributed by atoms with Crippen LogP contribution >= 0.6 is 0 Å². The fourth-order valence-electron chi connectivity index (χ4n) is 2.99. The van der Waals surface area contributed by atoms with Crippen molar-refractivity contribution in [3.8, 4) is 0 Å². The van der Waals surface area contributed by atoms with Crippen molar-refractivity contribution in [2.75, 3.05) is 6.54 Å². The topological polar surface area (TPSA) is 66.4 Å². The normalized spacial score (nSPS) is 15.9. The molecule has 0 saturated heterocycles. The smallest absolute Gasteiger partial charge is 0.460 e. The van der Waals surface area contributed by atoms with Crippen LogP contribution in [0.5, 0.6) is 0 Å². The summed E-state index contributed by atoms with van der Waals surface area (Å²) in [5.74, 6) is -106. The zero-order chi connectivity index (χ0) is 39.4. The number of carboxylic acids is 1. The van der Waals surface area contributed by atoms with Crippen molar-refractivity contribution in [3.05, 3.63) is 0 Å². The molecule has 1 amide bonds. The third-order valence-corrected chi connectivity index (χ3v) is 5.94. The Labute approximate surface area is 246 Å². The van der Waals surface area contributed by atoms with Gasteiger partial charge in [0.15, 0.2) is 0 Å². The Morgan fingerprint density at radius 2 is 0.667 bits per heavy atom. The molecule has 0 unspecified atom stereocenters. The maximum atomic E-state index is 13.9. The Balaban J connectivity index is 6.91. The van der Waals surface area contributed by atoms with Crippen molar-refractivity contribution < 1.29 is 124 Å². The second-order valence-corrected chi connectivity index (χ2v) is 9.28. The van der Waals surface area contributed by atoms with E-state index in [1.807, 2.05) is 0 Å². The second-order valence-electron chi connectivity index (χ2n) is 9.28. The number of hydrogen-bond donors (Lipinski definition) is 2. The van der Waals surface area contributed by atoms with Crippen LogP contribution in [0.25, 0.3) is 0 Å². The van der Waals surface area contributed by atoms with Gasteiger partial charge in [-0.2, -0.15) is 110 Å². The van der Waals surface area contributed by atoms with Crippen LogP contribution < -0.4 is 5.32 Å². The molecular weight excluding hydrogens is 765 g/mol. The van der Waals surface area contributed by atoms with Gasteiger partial charge in [0, 0.05) is 13.0 Å². The highest BCUT2D eigenvalue weighted by molar-refractivity contribution is 5.84. The van der Waals surface area contributed by atoms with Crippen molar-refractivity contribution in [1.29, 1.82) is 0 Å². The Bertz CT molecular complexity index is 1170. The standard InChI is InChI=1S/C19H12F25NO3/c20-8(21,7(48)45-5-3-1-2-4-6(46)47)9(22,23)10(24,25)11(26,27)12(28,29)13(30,31)14(32,33)15(34,35)16(36,37)17(38,39)18(40,41)19(42,43)44/h1-5H2,(H,45,48)(H,46,47). The number of rotatable bonds is 17. The van der Waals surface area contributed by atoms with Crippen LogP contribution in [0.3, 0.4) is 0 Å². The molecule has 0 fully saturated rings. The molecule has 0 radical (unpaired) electrons. The molecule has 0 aliphatic rings. The molecule has 0 rings (SSSR count). The van der Waals surface area contributed by atoms with Gasteiger partial charge in [-0.1, -0.05) is 6.42 Å². The molecule has 0 heterocycles. The predicted molar refractivity (Wildman–Crippen MR) is 99.6 cm³/mol. The summed E-state index contributed by atoms with van der Waals surface area (Å²) in [6.45, 7) is -1.38. The second kappa shape index (κ2) is 12.5. The van der Waals surface area contributed by atoms with Gasteiger partial charge in [-0.3, -0.25) is 9.59 Å². The monoisotopic (exact) mass is 777 g/mol. The van der Waals surface area contributed by atoms with Gasteiger partial charge < -0.3 is 10.4 Å². The molecule has 0 bridgehead atoms. The number of halogens is 25. The predicted octanol–water partition coefficient (Wildman–Crippen LogP) is 8.30. The summed E-state index contributed by atoms with van der Waals surface area (Å²) in [5, 5.41) is 8.88. The summed E-state index contributed by atoms with van der Waals surface area (Å²) in [4.78, 5) is 21.5. The lowest BCUT2D eigenvalue weighted by molar-refractivity contribution is -0.481. The minimum Gasteiger partial charge on any atom is -0.481 e. The van der Waals surface area contributed by atoms with Gasteiger partial charge in [0.2, 0.25) is 0 Å². The highest BCUT2D eigenvalue weighted by atomic mass is 19.4. The van der Waals surface area contributed by atoms with E-state index in [4.69, 9.17) is 5.11 Å². The number of amides is 1. The summed E-state index contributed by atoms with van der Waals surface area (Å²) in [7, 11) is 0. The van der Waals surface area contributed by atoms with E-state index in [1.54, 1.807) is 0 Å². The molecule has 0 aliphatic carbocycles. The molecule has 4 nitrogen and oxygen atoms in total.